The first kappa shape index (κ1) is 14.2. The molecule has 0 spiro atoms. The lowest BCUT2D eigenvalue weighted by atomic mass is 10.1. The zero-order chi connectivity index (χ0) is 14.5. The third-order valence-corrected chi connectivity index (χ3v) is 2.93. The molecule has 1 aromatic carbocycles. The van der Waals surface area contributed by atoms with Crippen molar-refractivity contribution in [2.45, 2.75) is 32.9 Å². The second-order valence-corrected chi connectivity index (χ2v) is 5.06. The summed E-state index contributed by atoms with van der Waals surface area (Å²) >= 11 is 0. The average molecular weight is 272 g/mol. The lowest BCUT2D eigenvalue weighted by Gasteiger charge is -2.16. The third kappa shape index (κ3) is 3.41. The van der Waals surface area contributed by atoms with Crippen LogP contribution in [0.2, 0.25) is 0 Å². The van der Waals surface area contributed by atoms with Gasteiger partial charge in [0.2, 0.25) is 0 Å². The number of nitrogens with one attached hydrogen (secondary N) is 2. The highest BCUT2D eigenvalue weighted by atomic mass is 16.3. The summed E-state index contributed by atoms with van der Waals surface area (Å²) in [5.41, 5.74) is 1.48. The molecule has 0 bridgehead atoms. The van der Waals surface area contributed by atoms with E-state index in [1.54, 1.807) is 6.26 Å². The minimum atomic E-state index is -0.162. The van der Waals surface area contributed by atoms with Gasteiger partial charge in [-0.3, -0.25) is 4.79 Å². The number of carbonyl (C=O) groups excluding carboxylic acids is 1. The normalized spacial score (nSPS) is 12.2. The number of para-hydroxylation sites is 1. The number of carbonyl (C=O) groups is 1. The zero-order valence-electron chi connectivity index (χ0n) is 12.0. The molecule has 0 aliphatic carbocycles. The van der Waals surface area contributed by atoms with E-state index in [9.17, 15) is 4.79 Å². The predicted molar refractivity (Wildman–Crippen MR) is 79.8 cm³/mol. The Morgan fingerprint density at radius 3 is 2.50 bits per heavy atom. The molecule has 0 fully saturated rings. The summed E-state index contributed by atoms with van der Waals surface area (Å²) in [5.74, 6) is 0.630. The van der Waals surface area contributed by atoms with Crippen molar-refractivity contribution >= 4 is 11.6 Å². The molecule has 1 heterocycles. The van der Waals surface area contributed by atoms with Crippen LogP contribution in [0, 0.1) is 0 Å². The molecule has 1 amide bonds. The largest absolute Gasteiger partial charge is 0.467 e. The summed E-state index contributed by atoms with van der Waals surface area (Å²) in [4.78, 5) is 12.4. The van der Waals surface area contributed by atoms with E-state index in [-0.39, 0.29) is 18.0 Å². The summed E-state index contributed by atoms with van der Waals surface area (Å²) in [6, 6.07) is 11.3. The molecule has 1 atom stereocenters. The predicted octanol–water partition coefficient (Wildman–Crippen LogP) is 3.59. The van der Waals surface area contributed by atoms with Gasteiger partial charge >= 0.3 is 0 Å². The second kappa shape index (κ2) is 6.28. The van der Waals surface area contributed by atoms with Crippen LogP contribution in [-0.2, 0) is 0 Å². The molecule has 0 saturated heterocycles. The Bertz CT molecular complexity index is 562. The van der Waals surface area contributed by atoms with Crippen molar-refractivity contribution in [3.05, 3.63) is 54.0 Å². The molecule has 0 saturated carbocycles. The Balaban J connectivity index is 2.13. The molecule has 20 heavy (non-hydrogen) atoms. The third-order valence-electron chi connectivity index (χ3n) is 2.93. The van der Waals surface area contributed by atoms with Gasteiger partial charge < -0.3 is 15.1 Å². The first-order valence-electron chi connectivity index (χ1n) is 6.77. The quantitative estimate of drug-likeness (QED) is 0.874. The van der Waals surface area contributed by atoms with E-state index in [0.29, 0.717) is 5.56 Å². The van der Waals surface area contributed by atoms with Gasteiger partial charge in [0.05, 0.1) is 17.9 Å². The summed E-state index contributed by atoms with van der Waals surface area (Å²) in [7, 11) is 0. The second-order valence-electron chi connectivity index (χ2n) is 5.06. The van der Waals surface area contributed by atoms with Crippen molar-refractivity contribution in [1.29, 1.82) is 0 Å². The molecular formula is C16H20N2O2. The van der Waals surface area contributed by atoms with Gasteiger partial charge in [-0.05, 0) is 45.0 Å². The van der Waals surface area contributed by atoms with Crippen LogP contribution in [0.15, 0.2) is 47.1 Å². The Morgan fingerprint density at radius 2 is 1.85 bits per heavy atom. The van der Waals surface area contributed by atoms with Crippen LogP contribution < -0.4 is 10.6 Å². The Morgan fingerprint density at radius 1 is 1.10 bits per heavy atom. The van der Waals surface area contributed by atoms with E-state index >= 15 is 0 Å². The molecule has 2 N–H and O–H groups in total. The molecule has 2 rings (SSSR count). The number of rotatable bonds is 5. The van der Waals surface area contributed by atoms with Gasteiger partial charge in [0.25, 0.3) is 5.91 Å². The van der Waals surface area contributed by atoms with E-state index in [0.717, 1.165) is 11.4 Å². The highest BCUT2D eigenvalue weighted by Gasteiger charge is 2.16. The van der Waals surface area contributed by atoms with E-state index in [1.807, 2.05) is 57.2 Å². The van der Waals surface area contributed by atoms with E-state index < -0.39 is 0 Å². The number of hydrogen-bond donors (Lipinski definition) is 2. The van der Waals surface area contributed by atoms with Crippen molar-refractivity contribution in [3.63, 3.8) is 0 Å². The molecule has 106 valence electrons. The maximum Gasteiger partial charge on any atom is 0.253 e. The fraction of sp³-hybridized carbons (Fsp3) is 0.312. The Hall–Kier alpha value is -2.23. The maximum absolute atomic E-state index is 12.4. The number of anilines is 1. The number of amides is 1. The van der Waals surface area contributed by atoms with E-state index in [2.05, 4.69) is 10.6 Å². The van der Waals surface area contributed by atoms with Crippen LogP contribution in [0.4, 0.5) is 5.69 Å². The summed E-state index contributed by atoms with van der Waals surface area (Å²) < 4.78 is 5.30. The summed E-state index contributed by atoms with van der Waals surface area (Å²) in [5, 5.41) is 6.22. The Kier molecular flexibility index (Phi) is 4.45. The number of benzene rings is 1. The standard InChI is InChI=1S/C16H20N2O2/c1-11(2)17-14-8-5-4-7-13(14)16(19)18-12(3)15-9-6-10-20-15/h4-12,17H,1-3H3,(H,18,19)/t12-/m1/s1. The fourth-order valence-electron chi connectivity index (χ4n) is 2.00. The van der Waals surface area contributed by atoms with Crippen LogP contribution in [0.5, 0.6) is 0 Å². The topological polar surface area (TPSA) is 54.3 Å². The van der Waals surface area contributed by atoms with Gasteiger partial charge in [0, 0.05) is 11.7 Å². The monoisotopic (exact) mass is 272 g/mol. The van der Waals surface area contributed by atoms with Crippen LogP contribution in [0.25, 0.3) is 0 Å². The maximum atomic E-state index is 12.4. The molecular weight excluding hydrogens is 252 g/mol. The first-order chi connectivity index (χ1) is 9.58. The molecule has 2 aromatic rings. The van der Waals surface area contributed by atoms with Crippen LogP contribution >= 0.6 is 0 Å². The molecule has 1 aromatic heterocycles. The highest BCUT2D eigenvalue weighted by molar-refractivity contribution is 5.99. The van der Waals surface area contributed by atoms with Crippen molar-refractivity contribution in [1.82, 2.24) is 5.32 Å². The van der Waals surface area contributed by atoms with Gasteiger partial charge in [-0.1, -0.05) is 12.1 Å². The minimum absolute atomic E-state index is 0.113. The van der Waals surface area contributed by atoms with Crippen molar-refractivity contribution in [2.24, 2.45) is 0 Å². The van der Waals surface area contributed by atoms with Gasteiger partial charge in [0.1, 0.15) is 5.76 Å². The molecule has 4 heteroatoms. The molecule has 4 nitrogen and oxygen atoms in total. The summed E-state index contributed by atoms with van der Waals surface area (Å²) in [6.07, 6.45) is 1.60. The lowest BCUT2D eigenvalue weighted by Crippen LogP contribution is -2.27. The molecule has 0 aliphatic heterocycles. The van der Waals surface area contributed by atoms with E-state index in [4.69, 9.17) is 4.42 Å². The van der Waals surface area contributed by atoms with Gasteiger partial charge in [-0.25, -0.2) is 0 Å². The lowest BCUT2D eigenvalue weighted by molar-refractivity contribution is 0.0936. The Labute approximate surface area is 119 Å². The van der Waals surface area contributed by atoms with Gasteiger partial charge in [-0.15, -0.1) is 0 Å². The number of furan rings is 1. The van der Waals surface area contributed by atoms with Crippen molar-refractivity contribution < 1.29 is 9.21 Å². The minimum Gasteiger partial charge on any atom is -0.467 e. The van der Waals surface area contributed by atoms with Crippen LogP contribution in [0.3, 0.4) is 0 Å². The molecule has 0 radical (unpaired) electrons. The van der Waals surface area contributed by atoms with Crippen LogP contribution in [-0.4, -0.2) is 11.9 Å². The molecule has 0 unspecified atom stereocenters. The number of hydrogen-bond acceptors (Lipinski definition) is 3. The fourth-order valence-corrected chi connectivity index (χ4v) is 2.00. The smallest absolute Gasteiger partial charge is 0.253 e. The highest BCUT2D eigenvalue weighted by Crippen LogP contribution is 2.18. The van der Waals surface area contributed by atoms with Crippen molar-refractivity contribution in [2.75, 3.05) is 5.32 Å². The zero-order valence-corrected chi connectivity index (χ0v) is 12.0. The van der Waals surface area contributed by atoms with Gasteiger partial charge in [-0.2, -0.15) is 0 Å². The first-order valence-corrected chi connectivity index (χ1v) is 6.77. The SMILES string of the molecule is CC(C)Nc1ccccc1C(=O)N[C@H](C)c1ccco1. The van der Waals surface area contributed by atoms with E-state index in [1.165, 1.54) is 0 Å². The molecule has 0 aliphatic rings. The summed E-state index contributed by atoms with van der Waals surface area (Å²) in [6.45, 7) is 5.98. The average Bonchev–Trinajstić information content (AvgIpc) is 2.92. The van der Waals surface area contributed by atoms with Gasteiger partial charge in [0.15, 0.2) is 0 Å². The van der Waals surface area contributed by atoms with Crippen LogP contribution in [0.1, 0.15) is 42.9 Å². The van der Waals surface area contributed by atoms with Crippen molar-refractivity contribution in [3.8, 4) is 0 Å².